The number of hydrogen-bond acceptors (Lipinski definition) is 4. The number of fused-ring (bicyclic) bond motifs is 1. The zero-order valence-corrected chi connectivity index (χ0v) is 20.0. The Labute approximate surface area is 206 Å². The quantitative estimate of drug-likeness (QED) is 0.546. The van der Waals surface area contributed by atoms with E-state index in [0.29, 0.717) is 23.7 Å². The summed E-state index contributed by atoms with van der Waals surface area (Å²) in [4.78, 5) is 33.1. The summed E-state index contributed by atoms with van der Waals surface area (Å²) >= 11 is 0. The molecule has 0 radical (unpaired) electrons. The number of hydrogen-bond donors (Lipinski definition) is 1. The van der Waals surface area contributed by atoms with Gasteiger partial charge in [0.2, 0.25) is 5.91 Å². The van der Waals surface area contributed by atoms with Crippen molar-refractivity contribution in [3.8, 4) is 5.75 Å². The van der Waals surface area contributed by atoms with Crippen LogP contribution in [0.25, 0.3) is 0 Å². The molecule has 0 bridgehead atoms. The molecule has 3 aromatic rings. The summed E-state index contributed by atoms with van der Waals surface area (Å²) in [5.74, 6) is 0.663. The van der Waals surface area contributed by atoms with Crippen LogP contribution in [0.4, 0.5) is 5.69 Å². The van der Waals surface area contributed by atoms with E-state index in [1.165, 1.54) is 5.56 Å². The lowest BCUT2D eigenvalue weighted by molar-refractivity contribution is -0.120. The summed E-state index contributed by atoms with van der Waals surface area (Å²) in [5, 5.41) is 3.08. The maximum Gasteiger partial charge on any atom is 0.258 e. The predicted octanol–water partition coefficient (Wildman–Crippen LogP) is 5.09. The molecule has 1 N–H and O–H groups in total. The van der Waals surface area contributed by atoms with Crippen LogP contribution in [-0.2, 0) is 11.2 Å². The van der Waals surface area contributed by atoms with E-state index in [9.17, 15) is 9.59 Å². The van der Waals surface area contributed by atoms with Crippen molar-refractivity contribution < 1.29 is 14.3 Å². The number of nitrogens with one attached hydrogen (secondary N) is 1. The largest absolute Gasteiger partial charge is 0.496 e. The molecular formula is C29H31N3O3. The Balaban J connectivity index is 1.34. The molecule has 180 valence electrons. The number of amides is 2. The third-order valence-corrected chi connectivity index (χ3v) is 7.34. The molecule has 1 saturated carbocycles. The summed E-state index contributed by atoms with van der Waals surface area (Å²) < 4.78 is 5.46. The molecule has 2 aliphatic rings. The van der Waals surface area contributed by atoms with Gasteiger partial charge in [-0.15, -0.1) is 0 Å². The number of benzene rings is 2. The number of carbonyl (C=O) groups excluding carboxylic acids is 2. The van der Waals surface area contributed by atoms with Crippen molar-refractivity contribution in [2.45, 2.75) is 50.6 Å². The number of aromatic nitrogens is 1. The van der Waals surface area contributed by atoms with Crippen LogP contribution in [0.5, 0.6) is 5.75 Å². The second-order valence-electron chi connectivity index (χ2n) is 9.49. The molecular weight excluding hydrogens is 438 g/mol. The van der Waals surface area contributed by atoms with Gasteiger partial charge in [-0.1, -0.05) is 37.1 Å². The first-order valence-electron chi connectivity index (χ1n) is 12.4. The number of likely N-dealkylation sites (tertiary alicyclic amines) is 1. The van der Waals surface area contributed by atoms with Crippen molar-refractivity contribution in [3.05, 3.63) is 89.7 Å². The highest BCUT2D eigenvalue weighted by Crippen LogP contribution is 2.41. The average molecular weight is 470 g/mol. The monoisotopic (exact) mass is 469 g/mol. The number of pyridine rings is 1. The van der Waals surface area contributed by atoms with E-state index >= 15 is 0 Å². The smallest absolute Gasteiger partial charge is 0.258 e. The second-order valence-corrected chi connectivity index (χ2v) is 9.49. The van der Waals surface area contributed by atoms with Crippen LogP contribution in [0.15, 0.2) is 73.1 Å². The van der Waals surface area contributed by atoms with Gasteiger partial charge in [0, 0.05) is 24.1 Å². The summed E-state index contributed by atoms with van der Waals surface area (Å²) in [6.45, 7) is 0. The van der Waals surface area contributed by atoms with Crippen molar-refractivity contribution >= 4 is 17.5 Å². The number of para-hydroxylation sites is 1. The fourth-order valence-electron chi connectivity index (χ4n) is 5.61. The molecule has 5 rings (SSSR count). The van der Waals surface area contributed by atoms with E-state index in [4.69, 9.17) is 4.74 Å². The van der Waals surface area contributed by atoms with E-state index in [-0.39, 0.29) is 17.9 Å². The van der Waals surface area contributed by atoms with E-state index < -0.39 is 6.04 Å². The van der Waals surface area contributed by atoms with Gasteiger partial charge in [-0.3, -0.25) is 14.6 Å². The first-order chi connectivity index (χ1) is 17.1. The Kier molecular flexibility index (Phi) is 6.80. The van der Waals surface area contributed by atoms with Crippen LogP contribution in [0.3, 0.4) is 0 Å². The fourth-order valence-corrected chi connectivity index (χ4v) is 5.61. The third kappa shape index (κ3) is 4.92. The molecule has 2 amide bonds. The van der Waals surface area contributed by atoms with Crippen molar-refractivity contribution in [2.24, 2.45) is 5.92 Å². The topological polar surface area (TPSA) is 71.5 Å². The van der Waals surface area contributed by atoms with Gasteiger partial charge >= 0.3 is 0 Å². The molecule has 35 heavy (non-hydrogen) atoms. The van der Waals surface area contributed by atoms with Crippen LogP contribution < -0.4 is 10.1 Å². The minimum atomic E-state index is -0.489. The number of nitrogens with zero attached hydrogens (tertiary/aromatic N) is 2. The lowest BCUT2D eigenvalue weighted by Crippen LogP contribution is -2.47. The normalized spacial score (nSPS) is 21.3. The van der Waals surface area contributed by atoms with Gasteiger partial charge in [0.1, 0.15) is 11.8 Å². The van der Waals surface area contributed by atoms with Gasteiger partial charge in [-0.05, 0) is 79.1 Å². The summed E-state index contributed by atoms with van der Waals surface area (Å²) in [7, 11) is 1.57. The number of ether oxygens (including phenoxy) is 1. The lowest BCUT2D eigenvalue weighted by Gasteiger charge is -2.34. The van der Waals surface area contributed by atoms with Crippen LogP contribution >= 0.6 is 0 Å². The molecule has 2 fully saturated rings. The number of rotatable bonds is 6. The first kappa shape index (κ1) is 23.1. The summed E-state index contributed by atoms with van der Waals surface area (Å²) in [6, 6.07) is 18.8. The van der Waals surface area contributed by atoms with Gasteiger partial charge in [-0.2, -0.15) is 0 Å². The average Bonchev–Trinajstić information content (AvgIpc) is 3.30. The molecule has 1 aliphatic heterocycles. The van der Waals surface area contributed by atoms with E-state index in [0.717, 1.165) is 43.4 Å². The van der Waals surface area contributed by atoms with Gasteiger partial charge in [0.05, 0.1) is 12.7 Å². The van der Waals surface area contributed by atoms with E-state index in [2.05, 4.69) is 10.3 Å². The predicted molar refractivity (Wildman–Crippen MR) is 135 cm³/mol. The standard InChI is InChI=1S/C29H31N3O3/c1-35-27-9-5-3-7-24(27)29(34)32-25-8-4-2-6-22(25)19-26(32)28(33)31-23-12-10-20(11-13-23)18-21-14-16-30-17-15-21/h3,5,7,9-17,22,25-26H,2,4,6,8,18-19H2,1H3,(H,31,33). The fraction of sp³-hybridized carbons (Fsp3) is 0.345. The van der Waals surface area contributed by atoms with E-state index in [1.807, 2.05) is 53.4 Å². The van der Waals surface area contributed by atoms with Gasteiger partial charge in [-0.25, -0.2) is 0 Å². The highest BCUT2D eigenvalue weighted by Gasteiger charge is 2.48. The lowest BCUT2D eigenvalue weighted by atomic mass is 9.84. The molecule has 3 unspecified atom stereocenters. The Morgan fingerprint density at radius 3 is 2.46 bits per heavy atom. The van der Waals surface area contributed by atoms with Crippen molar-refractivity contribution in [1.29, 1.82) is 0 Å². The molecule has 6 heteroatoms. The Morgan fingerprint density at radius 1 is 0.971 bits per heavy atom. The number of anilines is 1. The number of methoxy groups -OCH3 is 1. The zero-order chi connectivity index (χ0) is 24.2. The SMILES string of the molecule is COc1ccccc1C(=O)N1C(C(=O)Nc2ccc(Cc3ccncc3)cc2)CC2CCCCC21. The Bertz CT molecular complexity index is 1180. The second kappa shape index (κ2) is 10.3. The van der Waals surface area contributed by atoms with E-state index in [1.54, 1.807) is 31.6 Å². The highest BCUT2D eigenvalue weighted by molar-refractivity contribution is 6.03. The van der Waals surface area contributed by atoms with Gasteiger partial charge in [0.15, 0.2) is 0 Å². The molecule has 6 nitrogen and oxygen atoms in total. The molecule has 2 heterocycles. The molecule has 0 spiro atoms. The zero-order valence-electron chi connectivity index (χ0n) is 20.0. The molecule has 1 saturated heterocycles. The van der Waals surface area contributed by atoms with Crippen LogP contribution in [0.2, 0.25) is 0 Å². The Morgan fingerprint density at radius 2 is 1.69 bits per heavy atom. The Hall–Kier alpha value is -3.67. The maximum atomic E-state index is 13.7. The van der Waals surface area contributed by atoms with Crippen molar-refractivity contribution in [3.63, 3.8) is 0 Å². The van der Waals surface area contributed by atoms with Crippen molar-refractivity contribution in [2.75, 3.05) is 12.4 Å². The molecule has 3 atom stereocenters. The molecule has 2 aromatic carbocycles. The third-order valence-electron chi connectivity index (χ3n) is 7.34. The van der Waals surface area contributed by atoms with Crippen LogP contribution in [0.1, 0.15) is 53.6 Å². The minimum absolute atomic E-state index is 0.0969. The highest BCUT2D eigenvalue weighted by atomic mass is 16.5. The first-order valence-corrected chi connectivity index (χ1v) is 12.4. The number of carbonyl (C=O) groups is 2. The van der Waals surface area contributed by atoms with Crippen LogP contribution in [-0.4, -0.2) is 40.9 Å². The van der Waals surface area contributed by atoms with Gasteiger partial charge in [0.25, 0.3) is 5.91 Å². The molecule has 1 aromatic heterocycles. The summed E-state index contributed by atoms with van der Waals surface area (Å²) in [5.41, 5.74) is 3.61. The minimum Gasteiger partial charge on any atom is -0.496 e. The van der Waals surface area contributed by atoms with Gasteiger partial charge < -0.3 is 15.0 Å². The van der Waals surface area contributed by atoms with Crippen LogP contribution in [0, 0.1) is 5.92 Å². The van der Waals surface area contributed by atoms with Crippen molar-refractivity contribution in [1.82, 2.24) is 9.88 Å². The summed E-state index contributed by atoms with van der Waals surface area (Å²) in [6.07, 6.45) is 9.35. The molecule has 1 aliphatic carbocycles. The maximum absolute atomic E-state index is 13.7.